The molecule has 16 heavy (non-hydrogen) atoms. The Morgan fingerprint density at radius 3 is 2.38 bits per heavy atom. The quantitative estimate of drug-likeness (QED) is 0.640. The van der Waals surface area contributed by atoms with E-state index in [2.05, 4.69) is 0 Å². The fraction of sp³-hybridized carbons (Fsp3) is 0.333. The van der Waals surface area contributed by atoms with E-state index in [-0.39, 0.29) is 6.42 Å². The fourth-order valence-electron chi connectivity index (χ4n) is 1.54. The van der Waals surface area contributed by atoms with Crippen molar-refractivity contribution in [1.82, 2.24) is 0 Å². The molecule has 0 aliphatic heterocycles. The summed E-state index contributed by atoms with van der Waals surface area (Å²) in [5.74, 6) is -3.76. The van der Waals surface area contributed by atoms with Gasteiger partial charge in [0, 0.05) is 17.9 Å². The molecule has 0 N–H and O–H groups in total. The smallest absolute Gasteiger partial charge is 0.0452 e. The average molecular weight is 220 g/mol. The Morgan fingerprint density at radius 2 is 1.88 bits per heavy atom. The van der Waals surface area contributed by atoms with Crippen LogP contribution in [0.3, 0.4) is 0 Å². The molecule has 0 bridgehead atoms. The number of aryl methyl sites for hydroxylation is 1. The number of aliphatic carboxylic acids is 2. The minimum absolute atomic E-state index is 0.156. The summed E-state index contributed by atoms with van der Waals surface area (Å²) in [5, 5.41) is 21.1. The second-order valence-electron chi connectivity index (χ2n) is 3.72. The molecule has 4 heteroatoms. The highest BCUT2D eigenvalue weighted by Crippen LogP contribution is 2.15. The van der Waals surface area contributed by atoms with Crippen LogP contribution >= 0.6 is 0 Å². The largest absolute Gasteiger partial charge is 0.550 e. The Kier molecular flexibility index (Phi) is 4.05. The second-order valence-corrected chi connectivity index (χ2v) is 3.72. The summed E-state index contributed by atoms with van der Waals surface area (Å²) in [4.78, 5) is 21.1. The first kappa shape index (κ1) is 12.2. The zero-order valence-corrected chi connectivity index (χ0v) is 8.93. The summed E-state index contributed by atoms with van der Waals surface area (Å²) in [6, 6.07) is 7.25. The molecule has 0 saturated heterocycles. The Morgan fingerprint density at radius 1 is 1.25 bits per heavy atom. The Balaban J connectivity index is 2.80. The third-order valence-electron chi connectivity index (χ3n) is 2.47. The third kappa shape index (κ3) is 3.38. The summed E-state index contributed by atoms with van der Waals surface area (Å²) in [5.41, 5.74) is 1.75. The van der Waals surface area contributed by atoms with Crippen LogP contribution in [0.1, 0.15) is 17.5 Å². The van der Waals surface area contributed by atoms with Gasteiger partial charge in [0.15, 0.2) is 0 Å². The van der Waals surface area contributed by atoms with E-state index in [1.165, 1.54) is 0 Å². The number of carboxylic acid groups (broad SMARTS) is 2. The van der Waals surface area contributed by atoms with E-state index in [0.717, 1.165) is 11.1 Å². The van der Waals surface area contributed by atoms with Crippen LogP contribution in [0.15, 0.2) is 24.3 Å². The first-order chi connectivity index (χ1) is 7.50. The number of carboxylic acids is 2. The van der Waals surface area contributed by atoms with Crippen molar-refractivity contribution in [2.24, 2.45) is 5.92 Å². The van der Waals surface area contributed by atoms with Crippen molar-refractivity contribution in [3.8, 4) is 0 Å². The van der Waals surface area contributed by atoms with Crippen LogP contribution in [0.4, 0.5) is 0 Å². The lowest BCUT2D eigenvalue weighted by Gasteiger charge is -2.19. The minimum atomic E-state index is -1.37. The zero-order chi connectivity index (χ0) is 12.1. The van der Waals surface area contributed by atoms with Crippen molar-refractivity contribution in [3.05, 3.63) is 35.4 Å². The van der Waals surface area contributed by atoms with Crippen molar-refractivity contribution in [1.29, 1.82) is 0 Å². The molecule has 1 atom stereocenters. The molecule has 0 radical (unpaired) electrons. The highest BCUT2D eigenvalue weighted by molar-refractivity contribution is 5.75. The van der Waals surface area contributed by atoms with Gasteiger partial charge in [-0.2, -0.15) is 0 Å². The third-order valence-corrected chi connectivity index (χ3v) is 2.47. The molecular weight excluding hydrogens is 208 g/mol. The van der Waals surface area contributed by atoms with Gasteiger partial charge in [-0.3, -0.25) is 0 Å². The lowest BCUT2D eigenvalue weighted by atomic mass is 9.94. The van der Waals surface area contributed by atoms with E-state index < -0.39 is 24.3 Å². The van der Waals surface area contributed by atoms with Crippen LogP contribution in [-0.2, 0) is 16.0 Å². The van der Waals surface area contributed by atoms with E-state index in [1.807, 2.05) is 19.1 Å². The fourth-order valence-corrected chi connectivity index (χ4v) is 1.54. The van der Waals surface area contributed by atoms with Crippen molar-refractivity contribution in [2.75, 3.05) is 0 Å². The molecule has 0 aliphatic carbocycles. The van der Waals surface area contributed by atoms with Gasteiger partial charge in [0.2, 0.25) is 0 Å². The molecule has 0 aromatic heterocycles. The molecule has 0 unspecified atom stereocenters. The minimum Gasteiger partial charge on any atom is -0.550 e. The Bertz CT molecular complexity index is 398. The van der Waals surface area contributed by atoms with Crippen LogP contribution < -0.4 is 10.2 Å². The number of benzene rings is 1. The maximum absolute atomic E-state index is 10.7. The number of hydrogen-bond donors (Lipinski definition) is 0. The average Bonchev–Trinajstić information content (AvgIpc) is 2.19. The van der Waals surface area contributed by atoms with E-state index >= 15 is 0 Å². The van der Waals surface area contributed by atoms with Crippen molar-refractivity contribution < 1.29 is 19.8 Å². The molecule has 0 amide bonds. The van der Waals surface area contributed by atoms with Gasteiger partial charge in [0.25, 0.3) is 0 Å². The zero-order valence-electron chi connectivity index (χ0n) is 8.93. The van der Waals surface area contributed by atoms with Gasteiger partial charge in [-0.1, -0.05) is 24.3 Å². The molecule has 1 aromatic rings. The van der Waals surface area contributed by atoms with Gasteiger partial charge in [0.05, 0.1) is 0 Å². The Labute approximate surface area is 93.5 Å². The summed E-state index contributed by atoms with van der Waals surface area (Å²) in [6.45, 7) is 1.85. The van der Waals surface area contributed by atoms with Gasteiger partial charge in [0.1, 0.15) is 0 Å². The second kappa shape index (κ2) is 5.30. The van der Waals surface area contributed by atoms with Crippen LogP contribution in [0.2, 0.25) is 0 Å². The number of hydrogen-bond acceptors (Lipinski definition) is 4. The normalized spacial score (nSPS) is 12.1. The van der Waals surface area contributed by atoms with Crippen molar-refractivity contribution in [2.45, 2.75) is 19.8 Å². The first-order valence-electron chi connectivity index (χ1n) is 4.96. The van der Waals surface area contributed by atoms with Gasteiger partial charge in [-0.05, 0) is 30.9 Å². The molecule has 1 aromatic carbocycles. The van der Waals surface area contributed by atoms with Crippen LogP contribution in [0.25, 0.3) is 0 Å². The van der Waals surface area contributed by atoms with Crippen molar-refractivity contribution in [3.63, 3.8) is 0 Å². The number of carbonyl (C=O) groups is 2. The van der Waals surface area contributed by atoms with Gasteiger partial charge < -0.3 is 19.8 Å². The SMILES string of the molecule is Cc1ccccc1C[C@H](CC(=O)[O-])C(=O)[O-]. The summed E-state index contributed by atoms with van der Waals surface area (Å²) in [7, 11) is 0. The van der Waals surface area contributed by atoms with Gasteiger partial charge in [-0.15, -0.1) is 0 Å². The maximum Gasteiger partial charge on any atom is 0.0452 e. The summed E-state index contributed by atoms with van der Waals surface area (Å²) >= 11 is 0. The molecule has 0 aliphatic rings. The summed E-state index contributed by atoms with van der Waals surface area (Å²) in [6.07, 6.45) is -0.361. The van der Waals surface area contributed by atoms with Crippen molar-refractivity contribution >= 4 is 11.9 Å². The van der Waals surface area contributed by atoms with Gasteiger partial charge >= 0.3 is 0 Å². The first-order valence-corrected chi connectivity index (χ1v) is 4.96. The lowest BCUT2D eigenvalue weighted by molar-refractivity contribution is -0.320. The molecule has 86 valence electrons. The molecule has 1 rings (SSSR count). The molecular formula is C12H12O4-2. The summed E-state index contributed by atoms with van der Waals surface area (Å²) < 4.78 is 0. The lowest BCUT2D eigenvalue weighted by Crippen LogP contribution is -2.37. The molecule has 0 fully saturated rings. The highest BCUT2D eigenvalue weighted by Gasteiger charge is 2.12. The molecule has 0 spiro atoms. The van der Waals surface area contributed by atoms with E-state index in [9.17, 15) is 19.8 Å². The maximum atomic E-state index is 10.7. The van der Waals surface area contributed by atoms with Crippen LogP contribution in [-0.4, -0.2) is 11.9 Å². The standard InChI is InChI=1S/C12H14O4/c1-8-4-2-3-5-9(8)6-10(12(15)16)7-11(13)14/h2-5,10H,6-7H2,1H3,(H,13,14)(H,15,16)/p-2/t10-/m1/s1. The predicted molar refractivity (Wildman–Crippen MR) is 53.0 cm³/mol. The highest BCUT2D eigenvalue weighted by atomic mass is 16.4. The Hall–Kier alpha value is -1.84. The van der Waals surface area contributed by atoms with Gasteiger partial charge in [-0.25, -0.2) is 0 Å². The van der Waals surface area contributed by atoms with E-state index in [0.29, 0.717) is 0 Å². The monoisotopic (exact) mass is 220 g/mol. The van der Waals surface area contributed by atoms with E-state index in [4.69, 9.17) is 0 Å². The molecule has 0 saturated carbocycles. The number of rotatable bonds is 5. The molecule has 4 nitrogen and oxygen atoms in total. The van der Waals surface area contributed by atoms with E-state index in [1.54, 1.807) is 12.1 Å². The van der Waals surface area contributed by atoms with Crippen LogP contribution in [0.5, 0.6) is 0 Å². The number of carbonyl (C=O) groups excluding carboxylic acids is 2. The molecule has 0 heterocycles. The van der Waals surface area contributed by atoms with Crippen LogP contribution in [0, 0.1) is 12.8 Å². The topological polar surface area (TPSA) is 80.3 Å². The predicted octanol–water partition coefficient (Wildman–Crippen LogP) is -0.956.